The van der Waals surface area contributed by atoms with Crippen molar-refractivity contribution in [3.05, 3.63) is 66.1 Å². The molecular formula is C18H19N5O. The molecule has 2 aromatic heterocycles. The molecule has 0 spiro atoms. The maximum atomic E-state index is 12.0. The Hall–Kier alpha value is -2.73. The lowest BCUT2D eigenvalue weighted by atomic mass is 9.99. The standard InChI is InChI=1S/C18H19N5O/c24-17(19-10-14-6-2-1-3-7-14)13-22-11-15(12-22)18-21-20-16-8-4-5-9-23(16)18/h1-9,15H,10-13H2,(H,19,24). The van der Waals surface area contributed by atoms with E-state index in [0.29, 0.717) is 19.0 Å². The maximum Gasteiger partial charge on any atom is 0.234 e. The molecule has 0 bridgehead atoms. The number of benzene rings is 1. The molecule has 0 saturated carbocycles. The van der Waals surface area contributed by atoms with Crippen molar-refractivity contribution in [2.24, 2.45) is 0 Å². The third-order valence-corrected chi connectivity index (χ3v) is 4.36. The second kappa shape index (κ2) is 6.41. The van der Waals surface area contributed by atoms with Gasteiger partial charge < -0.3 is 5.32 Å². The molecular weight excluding hydrogens is 302 g/mol. The molecule has 1 fully saturated rings. The molecule has 1 amide bonds. The van der Waals surface area contributed by atoms with E-state index in [0.717, 1.165) is 30.1 Å². The molecule has 0 unspecified atom stereocenters. The van der Waals surface area contributed by atoms with Crippen molar-refractivity contribution in [1.82, 2.24) is 24.8 Å². The Bertz CT molecular complexity index is 839. The Kier molecular flexibility index (Phi) is 3.96. The van der Waals surface area contributed by atoms with Gasteiger partial charge in [0.05, 0.1) is 6.54 Å². The molecule has 4 rings (SSSR count). The first-order chi connectivity index (χ1) is 11.8. The largest absolute Gasteiger partial charge is 0.351 e. The molecule has 0 aliphatic carbocycles. The highest BCUT2D eigenvalue weighted by Crippen LogP contribution is 2.25. The van der Waals surface area contributed by atoms with E-state index in [4.69, 9.17) is 0 Å². The zero-order chi connectivity index (χ0) is 16.4. The topological polar surface area (TPSA) is 62.5 Å². The van der Waals surface area contributed by atoms with Gasteiger partial charge in [0.1, 0.15) is 5.82 Å². The van der Waals surface area contributed by atoms with E-state index in [1.165, 1.54) is 0 Å². The Labute approximate surface area is 140 Å². The Balaban J connectivity index is 1.28. The summed E-state index contributed by atoms with van der Waals surface area (Å²) in [6.07, 6.45) is 1.99. The van der Waals surface area contributed by atoms with Crippen LogP contribution in [0, 0.1) is 0 Å². The second-order valence-corrected chi connectivity index (χ2v) is 6.14. The lowest BCUT2D eigenvalue weighted by Crippen LogP contribution is -2.49. The number of hydrogen-bond acceptors (Lipinski definition) is 4. The minimum Gasteiger partial charge on any atom is -0.351 e. The summed E-state index contributed by atoms with van der Waals surface area (Å²) >= 11 is 0. The first-order valence-electron chi connectivity index (χ1n) is 8.12. The van der Waals surface area contributed by atoms with Crippen LogP contribution in [0.2, 0.25) is 0 Å². The van der Waals surface area contributed by atoms with Gasteiger partial charge >= 0.3 is 0 Å². The van der Waals surface area contributed by atoms with Gasteiger partial charge in [0.2, 0.25) is 5.91 Å². The molecule has 24 heavy (non-hydrogen) atoms. The quantitative estimate of drug-likeness (QED) is 0.772. The predicted octanol–water partition coefficient (Wildman–Crippen LogP) is 1.44. The van der Waals surface area contributed by atoms with E-state index in [2.05, 4.69) is 20.4 Å². The third kappa shape index (κ3) is 3.00. The fraction of sp³-hybridized carbons (Fsp3) is 0.278. The van der Waals surface area contributed by atoms with Crippen LogP contribution in [0.5, 0.6) is 0 Å². The molecule has 1 saturated heterocycles. The zero-order valence-electron chi connectivity index (χ0n) is 13.3. The van der Waals surface area contributed by atoms with Crippen molar-refractivity contribution in [2.75, 3.05) is 19.6 Å². The van der Waals surface area contributed by atoms with Crippen molar-refractivity contribution in [2.45, 2.75) is 12.5 Å². The first-order valence-corrected chi connectivity index (χ1v) is 8.12. The fourth-order valence-corrected chi connectivity index (χ4v) is 3.06. The number of nitrogens with one attached hydrogen (secondary N) is 1. The van der Waals surface area contributed by atoms with Crippen LogP contribution >= 0.6 is 0 Å². The summed E-state index contributed by atoms with van der Waals surface area (Å²) in [6.45, 7) is 2.69. The average Bonchev–Trinajstić information content (AvgIpc) is 3.00. The van der Waals surface area contributed by atoms with E-state index < -0.39 is 0 Å². The summed E-state index contributed by atoms with van der Waals surface area (Å²) in [7, 11) is 0. The smallest absolute Gasteiger partial charge is 0.234 e. The van der Waals surface area contributed by atoms with Gasteiger partial charge in [-0.3, -0.25) is 14.1 Å². The lowest BCUT2D eigenvalue weighted by Gasteiger charge is -2.37. The normalized spacial score (nSPS) is 15.3. The summed E-state index contributed by atoms with van der Waals surface area (Å²) in [6, 6.07) is 15.8. The van der Waals surface area contributed by atoms with Gasteiger partial charge in [0.15, 0.2) is 5.65 Å². The third-order valence-electron chi connectivity index (χ3n) is 4.36. The number of likely N-dealkylation sites (tertiary alicyclic amines) is 1. The number of carbonyl (C=O) groups excluding carboxylic acids is 1. The molecule has 3 aromatic rings. The summed E-state index contributed by atoms with van der Waals surface area (Å²) in [4.78, 5) is 14.2. The Morgan fingerprint density at radius 2 is 1.88 bits per heavy atom. The van der Waals surface area contributed by atoms with Crippen molar-refractivity contribution in [1.29, 1.82) is 0 Å². The van der Waals surface area contributed by atoms with Gasteiger partial charge in [-0.1, -0.05) is 36.4 Å². The molecule has 1 aromatic carbocycles. The van der Waals surface area contributed by atoms with Crippen LogP contribution in [0.3, 0.4) is 0 Å². The van der Waals surface area contributed by atoms with Crippen molar-refractivity contribution in [3.63, 3.8) is 0 Å². The van der Waals surface area contributed by atoms with E-state index in [-0.39, 0.29) is 5.91 Å². The first kappa shape index (κ1) is 14.8. The van der Waals surface area contributed by atoms with E-state index in [1.54, 1.807) is 0 Å². The molecule has 0 radical (unpaired) electrons. The van der Waals surface area contributed by atoms with Crippen molar-refractivity contribution < 1.29 is 4.79 Å². The van der Waals surface area contributed by atoms with E-state index >= 15 is 0 Å². The number of nitrogens with zero attached hydrogens (tertiary/aromatic N) is 4. The van der Waals surface area contributed by atoms with Gasteiger partial charge in [0, 0.05) is 31.7 Å². The molecule has 1 N–H and O–H groups in total. The molecule has 0 atom stereocenters. The van der Waals surface area contributed by atoms with Crippen LogP contribution in [0.15, 0.2) is 54.7 Å². The highest BCUT2D eigenvalue weighted by Gasteiger charge is 2.32. The van der Waals surface area contributed by atoms with Crippen LogP contribution in [0.25, 0.3) is 5.65 Å². The number of carbonyl (C=O) groups is 1. The van der Waals surface area contributed by atoms with Crippen molar-refractivity contribution >= 4 is 11.6 Å². The van der Waals surface area contributed by atoms with Gasteiger partial charge in [0.25, 0.3) is 0 Å². The number of rotatable bonds is 5. The predicted molar refractivity (Wildman–Crippen MR) is 90.5 cm³/mol. The van der Waals surface area contributed by atoms with E-state index in [1.807, 2.05) is 59.1 Å². The fourth-order valence-electron chi connectivity index (χ4n) is 3.06. The number of pyridine rings is 1. The van der Waals surface area contributed by atoms with Crippen LogP contribution < -0.4 is 5.32 Å². The van der Waals surface area contributed by atoms with Crippen LogP contribution in [0.1, 0.15) is 17.3 Å². The van der Waals surface area contributed by atoms with Crippen LogP contribution in [-0.2, 0) is 11.3 Å². The Morgan fingerprint density at radius 3 is 2.71 bits per heavy atom. The van der Waals surface area contributed by atoms with Crippen LogP contribution in [-0.4, -0.2) is 45.0 Å². The lowest BCUT2D eigenvalue weighted by molar-refractivity contribution is -0.123. The highest BCUT2D eigenvalue weighted by molar-refractivity contribution is 5.78. The van der Waals surface area contributed by atoms with Crippen LogP contribution in [0.4, 0.5) is 0 Å². The summed E-state index contributed by atoms with van der Waals surface area (Å²) in [5.41, 5.74) is 1.98. The van der Waals surface area contributed by atoms with Gasteiger partial charge in [-0.2, -0.15) is 0 Å². The summed E-state index contributed by atoms with van der Waals surface area (Å²) < 4.78 is 2.03. The minimum absolute atomic E-state index is 0.0587. The van der Waals surface area contributed by atoms with Gasteiger partial charge in [-0.15, -0.1) is 10.2 Å². The molecule has 1 aliphatic heterocycles. The summed E-state index contributed by atoms with van der Waals surface area (Å²) in [5, 5.41) is 11.4. The molecule has 3 heterocycles. The zero-order valence-corrected chi connectivity index (χ0v) is 13.3. The number of hydrogen-bond donors (Lipinski definition) is 1. The monoisotopic (exact) mass is 321 g/mol. The molecule has 6 nitrogen and oxygen atoms in total. The SMILES string of the molecule is O=C(CN1CC(c2nnc3ccccn23)C1)NCc1ccccc1. The Morgan fingerprint density at radius 1 is 1.08 bits per heavy atom. The number of aromatic nitrogens is 3. The van der Waals surface area contributed by atoms with Crippen molar-refractivity contribution in [3.8, 4) is 0 Å². The maximum absolute atomic E-state index is 12.0. The second-order valence-electron chi connectivity index (χ2n) is 6.14. The highest BCUT2D eigenvalue weighted by atomic mass is 16.2. The van der Waals surface area contributed by atoms with E-state index in [9.17, 15) is 4.79 Å². The molecule has 1 aliphatic rings. The average molecular weight is 321 g/mol. The van der Waals surface area contributed by atoms with Gasteiger partial charge in [-0.25, -0.2) is 0 Å². The number of amides is 1. The molecule has 6 heteroatoms. The summed E-state index contributed by atoms with van der Waals surface area (Å²) in [5.74, 6) is 1.37. The van der Waals surface area contributed by atoms with Gasteiger partial charge in [-0.05, 0) is 17.7 Å². The molecule has 122 valence electrons. The minimum atomic E-state index is 0.0587. The number of fused-ring (bicyclic) bond motifs is 1.